The molecule has 0 fully saturated rings. The molecule has 1 amide bonds. The fourth-order valence-corrected chi connectivity index (χ4v) is 3.09. The van der Waals surface area contributed by atoms with Gasteiger partial charge in [-0.1, -0.05) is 17.8 Å². The Hall–Kier alpha value is -1.85. The predicted molar refractivity (Wildman–Crippen MR) is 77.3 cm³/mol. The number of amides is 1. The molecule has 0 aliphatic carbocycles. The number of benzene rings is 2. The first-order valence-corrected chi connectivity index (χ1v) is 6.98. The van der Waals surface area contributed by atoms with Gasteiger partial charge in [0.25, 0.3) is 0 Å². The van der Waals surface area contributed by atoms with Gasteiger partial charge in [0.2, 0.25) is 5.91 Å². The van der Waals surface area contributed by atoms with Crippen molar-refractivity contribution in [3.63, 3.8) is 0 Å². The quantitative estimate of drug-likeness (QED) is 0.924. The molecule has 5 heteroatoms. The van der Waals surface area contributed by atoms with Crippen molar-refractivity contribution >= 4 is 23.4 Å². The minimum Gasteiger partial charge on any atom is -0.316 e. The number of nitrogens with two attached hydrogens (primary N) is 1. The van der Waals surface area contributed by atoms with Crippen LogP contribution in [0.4, 0.5) is 10.1 Å². The molecule has 1 unspecified atom stereocenters. The summed E-state index contributed by atoms with van der Waals surface area (Å²) in [6.45, 7) is 0. The maximum Gasteiger partial charge on any atom is 0.248 e. The molecular weight excluding hydrogens is 275 g/mol. The van der Waals surface area contributed by atoms with Crippen molar-refractivity contribution in [2.45, 2.75) is 15.8 Å². The molecule has 0 saturated carbocycles. The van der Waals surface area contributed by atoms with Crippen LogP contribution in [0.2, 0.25) is 0 Å². The zero-order chi connectivity index (χ0) is 14.3. The number of nitrogens with zero attached hydrogens (tertiary/aromatic N) is 1. The number of halogens is 1. The second kappa shape index (κ2) is 4.92. The van der Waals surface area contributed by atoms with Crippen molar-refractivity contribution in [1.82, 2.24) is 0 Å². The molecule has 0 bridgehead atoms. The van der Waals surface area contributed by atoms with Crippen molar-refractivity contribution in [3.8, 4) is 0 Å². The Morgan fingerprint density at radius 1 is 1.15 bits per heavy atom. The summed E-state index contributed by atoms with van der Waals surface area (Å²) in [6.07, 6.45) is 0. The van der Waals surface area contributed by atoms with E-state index in [-0.39, 0.29) is 11.7 Å². The average Bonchev–Trinajstić information content (AvgIpc) is 2.66. The Morgan fingerprint density at radius 2 is 1.80 bits per heavy atom. The zero-order valence-electron chi connectivity index (χ0n) is 10.8. The van der Waals surface area contributed by atoms with Gasteiger partial charge in [0.15, 0.2) is 0 Å². The van der Waals surface area contributed by atoms with E-state index < -0.39 is 6.04 Å². The zero-order valence-corrected chi connectivity index (χ0v) is 11.7. The van der Waals surface area contributed by atoms with Crippen molar-refractivity contribution in [1.29, 1.82) is 0 Å². The van der Waals surface area contributed by atoms with E-state index in [4.69, 9.17) is 5.73 Å². The minimum atomic E-state index is -0.570. The first-order chi connectivity index (χ1) is 9.56. The Labute approximate surface area is 120 Å². The number of rotatable bonds is 2. The molecule has 0 aromatic heterocycles. The van der Waals surface area contributed by atoms with Gasteiger partial charge >= 0.3 is 0 Å². The molecule has 1 heterocycles. The van der Waals surface area contributed by atoms with Gasteiger partial charge in [-0.15, -0.1) is 0 Å². The van der Waals surface area contributed by atoms with Crippen LogP contribution in [0.15, 0.2) is 52.3 Å². The Bertz CT molecular complexity index is 672. The summed E-state index contributed by atoms with van der Waals surface area (Å²) in [5, 5.41) is 0. The fraction of sp³-hybridized carbons (Fsp3) is 0.133. The lowest BCUT2D eigenvalue weighted by Crippen LogP contribution is -2.27. The predicted octanol–water partition coefficient (Wildman–Crippen LogP) is 2.95. The maximum absolute atomic E-state index is 12.9. The van der Waals surface area contributed by atoms with Crippen LogP contribution < -0.4 is 10.6 Å². The molecule has 102 valence electrons. The van der Waals surface area contributed by atoms with E-state index in [1.165, 1.54) is 23.9 Å². The summed E-state index contributed by atoms with van der Waals surface area (Å²) < 4.78 is 12.9. The highest BCUT2D eigenvalue weighted by molar-refractivity contribution is 7.99. The molecule has 3 nitrogen and oxygen atoms in total. The monoisotopic (exact) mass is 288 g/mol. The van der Waals surface area contributed by atoms with Gasteiger partial charge in [0, 0.05) is 28.1 Å². The molecular formula is C15H13FN2OS. The van der Waals surface area contributed by atoms with Crippen LogP contribution in [0.5, 0.6) is 0 Å². The van der Waals surface area contributed by atoms with Crippen LogP contribution in [0, 0.1) is 5.82 Å². The summed E-state index contributed by atoms with van der Waals surface area (Å²) in [6, 6.07) is 11.5. The van der Waals surface area contributed by atoms with Crippen molar-refractivity contribution < 1.29 is 9.18 Å². The average molecular weight is 288 g/mol. The van der Waals surface area contributed by atoms with Gasteiger partial charge in [-0.3, -0.25) is 4.79 Å². The molecule has 0 saturated heterocycles. The summed E-state index contributed by atoms with van der Waals surface area (Å²) in [5.41, 5.74) is 7.55. The highest BCUT2D eigenvalue weighted by Gasteiger charge is 2.32. The second-order valence-corrected chi connectivity index (χ2v) is 5.80. The third kappa shape index (κ3) is 2.19. The Kier molecular flexibility index (Phi) is 3.23. The van der Waals surface area contributed by atoms with E-state index in [2.05, 4.69) is 0 Å². The van der Waals surface area contributed by atoms with Gasteiger partial charge in [-0.05, 0) is 36.4 Å². The largest absolute Gasteiger partial charge is 0.316 e. The number of carbonyl (C=O) groups is 1. The smallest absolute Gasteiger partial charge is 0.248 e. The van der Waals surface area contributed by atoms with Crippen molar-refractivity contribution in [3.05, 3.63) is 53.8 Å². The molecule has 0 spiro atoms. The summed E-state index contributed by atoms with van der Waals surface area (Å²) in [4.78, 5) is 15.3. The van der Waals surface area contributed by atoms with Crippen molar-refractivity contribution in [2.24, 2.45) is 5.73 Å². The van der Waals surface area contributed by atoms with E-state index in [0.29, 0.717) is 0 Å². The Balaban J connectivity index is 1.90. The molecule has 1 aliphatic heterocycles. The van der Waals surface area contributed by atoms with Gasteiger partial charge in [-0.25, -0.2) is 4.39 Å². The number of hydrogen-bond donors (Lipinski definition) is 1. The first-order valence-electron chi connectivity index (χ1n) is 6.17. The maximum atomic E-state index is 12.9. The number of anilines is 1. The van der Waals surface area contributed by atoms with E-state index in [0.717, 1.165) is 21.0 Å². The van der Waals surface area contributed by atoms with E-state index >= 15 is 0 Å². The number of hydrogen-bond acceptors (Lipinski definition) is 3. The van der Waals surface area contributed by atoms with Gasteiger partial charge < -0.3 is 10.6 Å². The number of carbonyl (C=O) groups excluding carboxylic acids is 1. The SMILES string of the molecule is CN1C(=O)C(N)c2ccc(Sc3ccc(F)cc3)cc21. The van der Waals surface area contributed by atoms with Crippen LogP contribution in [-0.2, 0) is 4.79 Å². The molecule has 0 radical (unpaired) electrons. The van der Waals surface area contributed by atoms with Crippen LogP contribution in [0.1, 0.15) is 11.6 Å². The van der Waals surface area contributed by atoms with Crippen LogP contribution in [-0.4, -0.2) is 13.0 Å². The van der Waals surface area contributed by atoms with E-state index in [1.807, 2.05) is 18.2 Å². The fourth-order valence-electron chi connectivity index (χ4n) is 2.24. The van der Waals surface area contributed by atoms with E-state index in [9.17, 15) is 9.18 Å². The topological polar surface area (TPSA) is 46.3 Å². The van der Waals surface area contributed by atoms with Crippen molar-refractivity contribution in [2.75, 3.05) is 11.9 Å². The lowest BCUT2D eigenvalue weighted by Gasteiger charge is -2.11. The first kappa shape index (κ1) is 13.1. The number of likely N-dealkylation sites (N-methyl/N-ethyl adjacent to an activating group) is 1. The molecule has 2 N–H and O–H groups in total. The van der Waals surface area contributed by atoms with Gasteiger partial charge in [0.1, 0.15) is 11.9 Å². The summed E-state index contributed by atoms with van der Waals surface area (Å²) >= 11 is 1.52. The Morgan fingerprint density at radius 3 is 2.50 bits per heavy atom. The highest BCUT2D eigenvalue weighted by Crippen LogP contribution is 2.38. The number of fused-ring (bicyclic) bond motifs is 1. The molecule has 3 rings (SSSR count). The standard InChI is InChI=1S/C15H13FN2OS/c1-18-13-8-11(6-7-12(13)14(17)15(18)19)20-10-4-2-9(16)3-5-10/h2-8,14H,17H2,1H3. The van der Waals surface area contributed by atoms with Crippen LogP contribution >= 0.6 is 11.8 Å². The molecule has 1 aliphatic rings. The van der Waals surface area contributed by atoms with Gasteiger partial charge in [0.05, 0.1) is 0 Å². The summed E-state index contributed by atoms with van der Waals surface area (Å²) in [7, 11) is 1.72. The third-order valence-electron chi connectivity index (χ3n) is 3.34. The molecule has 1 atom stereocenters. The molecule has 2 aromatic rings. The summed E-state index contributed by atoms with van der Waals surface area (Å²) in [5.74, 6) is -0.344. The van der Waals surface area contributed by atoms with Crippen LogP contribution in [0.3, 0.4) is 0 Å². The minimum absolute atomic E-state index is 0.0936. The lowest BCUT2D eigenvalue weighted by molar-refractivity contribution is -0.118. The molecule has 2 aromatic carbocycles. The highest BCUT2D eigenvalue weighted by atomic mass is 32.2. The lowest BCUT2D eigenvalue weighted by atomic mass is 10.1. The van der Waals surface area contributed by atoms with Crippen LogP contribution in [0.25, 0.3) is 0 Å². The normalized spacial score (nSPS) is 17.4. The second-order valence-electron chi connectivity index (χ2n) is 4.65. The third-order valence-corrected chi connectivity index (χ3v) is 4.34. The van der Waals surface area contributed by atoms with E-state index in [1.54, 1.807) is 24.1 Å². The molecule has 20 heavy (non-hydrogen) atoms. The van der Waals surface area contributed by atoms with Gasteiger partial charge in [-0.2, -0.15) is 0 Å².